The van der Waals surface area contributed by atoms with Crippen LogP contribution in [-0.2, 0) is 0 Å². The average molecular weight is 224 g/mol. The van der Waals surface area contributed by atoms with Crippen LogP contribution < -0.4 is 5.73 Å². The highest BCUT2D eigenvalue weighted by Crippen LogP contribution is 2.40. The number of hydrogen-bond acceptors (Lipinski definition) is 2. The second-order valence-electron chi connectivity index (χ2n) is 6.71. The van der Waals surface area contributed by atoms with Crippen LogP contribution in [0.2, 0.25) is 0 Å². The normalized spacial score (nSPS) is 35.2. The first-order valence-corrected chi connectivity index (χ1v) is 7.01. The lowest BCUT2D eigenvalue weighted by Crippen LogP contribution is -2.46. The summed E-state index contributed by atoms with van der Waals surface area (Å²) >= 11 is 0. The van der Waals surface area contributed by atoms with Gasteiger partial charge in [-0.05, 0) is 37.0 Å². The third-order valence-corrected chi connectivity index (χ3v) is 4.39. The van der Waals surface area contributed by atoms with Gasteiger partial charge in [-0.15, -0.1) is 0 Å². The zero-order valence-electron chi connectivity index (χ0n) is 11.2. The Labute approximate surface area is 101 Å². The minimum atomic E-state index is 0.386. The van der Waals surface area contributed by atoms with Crippen LogP contribution in [0.1, 0.15) is 52.9 Å². The van der Waals surface area contributed by atoms with Crippen LogP contribution in [0.25, 0.3) is 0 Å². The fourth-order valence-corrected chi connectivity index (χ4v) is 3.17. The van der Waals surface area contributed by atoms with E-state index < -0.39 is 0 Å². The van der Waals surface area contributed by atoms with Crippen molar-refractivity contribution in [1.29, 1.82) is 0 Å². The molecule has 0 aliphatic heterocycles. The van der Waals surface area contributed by atoms with Gasteiger partial charge in [0.25, 0.3) is 0 Å². The van der Waals surface area contributed by atoms with E-state index in [9.17, 15) is 0 Å². The van der Waals surface area contributed by atoms with Crippen LogP contribution in [0, 0.1) is 11.3 Å². The smallest absolute Gasteiger partial charge is 0.0105 e. The first kappa shape index (κ1) is 12.4. The second-order valence-corrected chi connectivity index (χ2v) is 6.71. The van der Waals surface area contributed by atoms with E-state index in [1.54, 1.807) is 0 Å². The molecule has 16 heavy (non-hydrogen) atoms. The van der Waals surface area contributed by atoms with Crippen molar-refractivity contribution in [2.45, 2.75) is 65.0 Å². The molecule has 0 amide bonds. The predicted molar refractivity (Wildman–Crippen MR) is 69.4 cm³/mol. The van der Waals surface area contributed by atoms with Crippen molar-refractivity contribution in [3.63, 3.8) is 0 Å². The molecule has 2 nitrogen and oxygen atoms in total. The Morgan fingerprint density at radius 2 is 2.00 bits per heavy atom. The SMILES string of the molecule is CC(C)CN(CC1(C)CCCC1N)C1CC1. The van der Waals surface area contributed by atoms with Crippen LogP contribution >= 0.6 is 0 Å². The van der Waals surface area contributed by atoms with Crippen molar-refractivity contribution in [3.05, 3.63) is 0 Å². The van der Waals surface area contributed by atoms with Crippen molar-refractivity contribution >= 4 is 0 Å². The van der Waals surface area contributed by atoms with Crippen LogP contribution in [0.5, 0.6) is 0 Å². The summed E-state index contributed by atoms with van der Waals surface area (Å²) in [5.74, 6) is 0.779. The van der Waals surface area contributed by atoms with Crippen LogP contribution in [0.3, 0.4) is 0 Å². The minimum Gasteiger partial charge on any atom is -0.327 e. The Kier molecular flexibility index (Phi) is 3.60. The third kappa shape index (κ3) is 2.78. The largest absolute Gasteiger partial charge is 0.327 e. The van der Waals surface area contributed by atoms with E-state index in [0.717, 1.165) is 12.0 Å². The van der Waals surface area contributed by atoms with Crippen molar-refractivity contribution in [1.82, 2.24) is 4.90 Å². The standard InChI is InChI=1S/C14H28N2/c1-11(2)9-16(12-6-7-12)10-14(3)8-4-5-13(14)15/h11-13H,4-10,15H2,1-3H3. The summed E-state index contributed by atoms with van der Waals surface area (Å²) in [7, 11) is 0. The number of nitrogens with zero attached hydrogens (tertiary/aromatic N) is 1. The van der Waals surface area contributed by atoms with Gasteiger partial charge in [0.05, 0.1) is 0 Å². The molecule has 2 N–H and O–H groups in total. The van der Waals surface area contributed by atoms with E-state index in [1.807, 2.05) is 0 Å². The molecule has 2 fully saturated rings. The van der Waals surface area contributed by atoms with Crippen LogP contribution in [0.4, 0.5) is 0 Å². The van der Waals surface area contributed by atoms with Gasteiger partial charge in [-0.25, -0.2) is 0 Å². The van der Waals surface area contributed by atoms with E-state index >= 15 is 0 Å². The molecular weight excluding hydrogens is 196 g/mol. The molecule has 0 radical (unpaired) electrons. The first-order valence-electron chi connectivity index (χ1n) is 7.01. The molecule has 0 aromatic rings. The Morgan fingerprint density at radius 3 is 2.44 bits per heavy atom. The van der Waals surface area contributed by atoms with E-state index in [0.29, 0.717) is 11.5 Å². The fourth-order valence-electron chi connectivity index (χ4n) is 3.17. The van der Waals surface area contributed by atoms with Gasteiger partial charge in [0.1, 0.15) is 0 Å². The van der Waals surface area contributed by atoms with Gasteiger partial charge in [-0.2, -0.15) is 0 Å². The topological polar surface area (TPSA) is 29.3 Å². The second kappa shape index (κ2) is 4.66. The van der Waals surface area contributed by atoms with E-state index in [-0.39, 0.29) is 0 Å². The molecule has 0 heterocycles. The van der Waals surface area contributed by atoms with Gasteiger partial charge >= 0.3 is 0 Å². The van der Waals surface area contributed by atoms with Gasteiger partial charge in [-0.1, -0.05) is 27.2 Å². The van der Waals surface area contributed by atoms with Crippen LogP contribution in [0.15, 0.2) is 0 Å². The highest BCUT2D eigenvalue weighted by Gasteiger charge is 2.40. The lowest BCUT2D eigenvalue weighted by Gasteiger charge is -2.36. The van der Waals surface area contributed by atoms with Gasteiger partial charge in [0, 0.05) is 25.2 Å². The highest BCUT2D eigenvalue weighted by molar-refractivity contribution is 4.96. The van der Waals surface area contributed by atoms with Gasteiger partial charge < -0.3 is 5.73 Å². The Hall–Kier alpha value is -0.0800. The molecule has 2 saturated carbocycles. The monoisotopic (exact) mass is 224 g/mol. The molecule has 2 heteroatoms. The lowest BCUT2D eigenvalue weighted by atomic mass is 9.84. The first-order chi connectivity index (χ1) is 7.51. The molecule has 2 unspecified atom stereocenters. The maximum absolute atomic E-state index is 6.29. The summed E-state index contributed by atoms with van der Waals surface area (Å²) in [5, 5.41) is 0. The summed E-state index contributed by atoms with van der Waals surface area (Å²) in [6, 6.07) is 1.31. The molecule has 2 rings (SSSR count). The van der Waals surface area contributed by atoms with E-state index in [4.69, 9.17) is 5.73 Å². The summed E-state index contributed by atoms with van der Waals surface area (Å²) in [5.41, 5.74) is 6.67. The molecule has 0 saturated heterocycles. The molecule has 0 spiro atoms. The van der Waals surface area contributed by atoms with Crippen molar-refractivity contribution in [2.75, 3.05) is 13.1 Å². The molecule has 94 valence electrons. The van der Waals surface area contributed by atoms with Crippen molar-refractivity contribution in [2.24, 2.45) is 17.1 Å². The maximum Gasteiger partial charge on any atom is 0.0105 e. The highest BCUT2D eigenvalue weighted by atomic mass is 15.2. The summed E-state index contributed by atoms with van der Waals surface area (Å²) < 4.78 is 0. The van der Waals surface area contributed by atoms with Crippen LogP contribution in [-0.4, -0.2) is 30.1 Å². The zero-order valence-corrected chi connectivity index (χ0v) is 11.2. The molecule has 0 aromatic heterocycles. The Morgan fingerprint density at radius 1 is 1.31 bits per heavy atom. The number of rotatable bonds is 5. The fraction of sp³-hybridized carbons (Fsp3) is 1.00. The Bertz CT molecular complexity index is 235. The minimum absolute atomic E-state index is 0.386. The number of hydrogen-bond donors (Lipinski definition) is 1. The van der Waals surface area contributed by atoms with Gasteiger partial charge in [0.2, 0.25) is 0 Å². The lowest BCUT2D eigenvalue weighted by molar-refractivity contribution is 0.133. The maximum atomic E-state index is 6.29. The van der Waals surface area contributed by atoms with Crippen molar-refractivity contribution < 1.29 is 0 Å². The summed E-state index contributed by atoms with van der Waals surface area (Å²) in [4.78, 5) is 2.72. The van der Waals surface area contributed by atoms with Gasteiger partial charge in [-0.3, -0.25) is 4.90 Å². The predicted octanol–water partition coefficient (Wildman–Crippen LogP) is 2.62. The number of nitrogens with two attached hydrogens (primary N) is 1. The average Bonchev–Trinajstić information content (AvgIpc) is 2.94. The summed E-state index contributed by atoms with van der Waals surface area (Å²) in [6.07, 6.45) is 6.72. The Balaban J connectivity index is 1.93. The third-order valence-electron chi connectivity index (χ3n) is 4.39. The molecule has 2 atom stereocenters. The molecule has 2 aliphatic carbocycles. The zero-order chi connectivity index (χ0) is 11.8. The molecule has 2 aliphatic rings. The van der Waals surface area contributed by atoms with E-state index in [2.05, 4.69) is 25.7 Å². The van der Waals surface area contributed by atoms with Gasteiger partial charge in [0.15, 0.2) is 0 Å². The van der Waals surface area contributed by atoms with E-state index in [1.165, 1.54) is 45.2 Å². The molecule has 0 aromatic carbocycles. The summed E-state index contributed by atoms with van der Waals surface area (Å²) in [6.45, 7) is 9.54. The molecular formula is C14H28N2. The molecule has 0 bridgehead atoms. The van der Waals surface area contributed by atoms with Crippen molar-refractivity contribution in [3.8, 4) is 0 Å². The quantitative estimate of drug-likeness (QED) is 0.778.